The second-order valence-corrected chi connectivity index (χ2v) is 4.00. The molecule has 0 atom stereocenters. The van der Waals surface area contributed by atoms with Gasteiger partial charge in [-0.2, -0.15) is 0 Å². The van der Waals surface area contributed by atoms with Gasteiger partial charge in [0.2, 0.25) is 5.75 Å². The largest absolute Gasteiger partial charge is 0.493 e. The number of ether oxygens (including phenoxy) is 3. The molecule has 0 spiro atoms. The van der Waals surface area contributed by atoms with Gasteiger partial charge in [-0.15, -0.1) is 0 Å². The second-order valence-electron chi connectivity index (χ2n) is 4.00. The molecule has 2 rings (SSSR count). The number of H-pyrrole nitrogens is 1. The maximum absolute atomic E-state index is 5.69. The molecule has 1 aromatic heterocycles. The van der Waals surface area contributed by atoms with Crippen molar-refractivity contribution in [1.82, 2.24) is 9.97 Å². The summed E-state index contributed by atoms with van der Waals surface area (Å²) in [6.45, 7) is 2.67. The lowest BCUT2D eigenvalue weighted by Crippen LogP contribution is -2.01. The highest BCUT2D eigenvalue weighted by atomic mass is 16.5. The predicted molar refractivity (Wildman–Crippen MR) is 72.9 cm³/mol. The van der Waals surface area contributed by atoms with Crippen LogP contribution in [0.15, 0.2) is 24.5 Å². The standard InChI is InChI=1S/C14H18N2O3/c1-4-7-19-13-11(17-2)8-10(9-12(13)18-3)14-15-5-6-16-14/h5-6,8-9H,4,7H2,1-3H3,(H,15,16). The van der Waals surface area contributed by atoms with Crippen molar-refractivity contribution in [3.05, 3.63) is 24.5 Å². The van der Waals surface area contributed by atoms with Gasteiger partial charge in [0.05, 0.1) is 20.8 Å². The maximum atomic E-state index is 5.69. The quantitative estimate of drug-likeness (QED) is 0.869. The fourth-order valence-corrected chi connectivity index (χ4v) is 1.79. The zero-order chi connectivity index (χ0) is 13.7. The van der Waals surface area contributed by atoms with Gasteiger partial charge in [-0.25, -0.2) is 4.98 Å². The molecule has 2 aromatic rings. The molecule has 102 valence electrons. The number of rotatable bonds is 6. The third-order valence-electron chi connectivity index (χ3n) is 2.68. The first-order valence-electron chi connectivity index (χ1n) is 6.18. The highest BCUT2D eigenvalue weighted by Crippen LogP contribution is 2.40. The highest BCUT2D eigenvalue weighted by molar-refractivity contribution is 5.66. The van der Waals surface area contributed by atoms with E-state index >= 15 is 0 Å². The van der Waals surface area contributed by atoms with Crippen molar-refractivity contribution in [3.63, 3.8) is 0 Å². The number of nitrogens with zero attached hydrogens (tertiary/aromatic N) is 1. The summed E-state index contributed by atoms with van der Waals surface area (Å²) in [5.74, 6) is 2.67. The summed E-state index contributed by atoms with van der Waals surface area (Å²) < 4.78 is 16.4. The smallest absolute Gasteiger partial charge is 0.203 e. The van der Waals surface area contributed by atoms with E-state index in [1.807, 2.05) is 12.1 Å². The molecular weight excluding hydrogens is 244 g/mol. The molecule has 0 bridgehead atoms. The summed E-state index contributed by atoms with van der Waals surface area (Å²) in [7, 11) is 3.22. The number of hydrogen-bond acceptors (Lipinski definition) is 4. The van der Waals surface area contributed by atoms with Crippen LogP contribution in [0.3, 0.4) is 0 Å². The van der Waals surface area contributed by atoms with E-state index in [0.717, 1.165) is 17.8 Å². The van der Waals surface area contributed by atoms with Crippen LogP contribution in [0.5, 0.6) is 17.2 Å². The first kappa shape index (κ1) is 13.3. The molecule has 1 N–H and O–H groups in total. The molecule has 0 aliphatic rings. The number of benzene rings is 1. The van der Waals surface area contributed by atoms with Gasteiger partial charge >= 0.3 is 0 Å². The third kappa shape index (κ3) is 2.81. The van der Waals surface area contributed by atoms with Crippen molar-refractivity contribution in [1.29, 1.82) is 0 Å². The first-order valence-corrected chi connectivity index (χ1v) is 6.18. The van der Waals surface area contributed by atoms with E-state index in [1.54, 1.807) is 26.6 Å². The lowest BCUT2D eigenvalue weighted by molar-refractivity contribution is 0.275. The number of nitrogens with one attached hydrogen (secondary N) is 1. The molecule has 0 saturated carbocycles. The van der Waals surface area contributed by atoms with Crippen LogP contribution in [0.2, 0.25) is 0 Å². The Morgan fingerprint density at radius 3 is 2.32 bits per heavy atom. The van der Waals surface area contributed by atoms with E-state index in [-0.39, 0.29) is 0 Å². The molecule has 0 radical (unpaired) electrons. The molecule has 1 aromatic carbocycles. The van der Waals surface area contributed by atoms with Crippen LogP contribution in [-0.2, 0) is 0 Å². The fourth-order valence-electron chi connectivity index (χ4n) is 1.79. The van der Waals surface area contributed by atoms with Gasteiger partial charge in [0.15, 0.2) is 11.5 Å². The highest BCUT2D eigenvalue weighted by Gasteiger charge is 2.15. The molecule has 0 saturated heterocycles. The zero-order valence-electron chi connectivity index (χ0n) is 11.4. The average molecular weight is 262 g/mol. The monoisotopic (exact) mass is 262 g/mol. The minimum atomic E-state index is 0.618. The van der Waals surface area contributed by atoms with Crippen LogP contribution in [0.1, 0.15) is 13.3 Å². The minimum Gasteiger partial charge on any atom is -0.493 e. The van der Waals surface area contributed by atoms with Crippen LogP contribution >= 0.6 is 0 Å². The maximum Gasteiger partial charge on any atom is 0.203 e. The van der Waals surface area contributed by atoms with Gasteiger partial charge in [-0.05, 0) is 18.6 Å². The lowest BCUT2D eigenvalue weighted by Gasteiger charge is -2.15. The van der Waals surface area contributed by atoms with Crippen molar-refractivity contribution < 1.29 is 14.2 Å². The molecule has 1 heterocycles. The molecule has 0 unspecified atom stereocenters. The zero-order valence-corrected chi connectivity index (χ0v) is 11.4. The molecule has 19 heavy (non-hydrogen) atoms. The summed E-state index contributed by atoms with van der Waals surface area (Å²) >= 11 is 0. The number of imidazole rings is 1. The van der Waals surface area contributed by atoms with Gasteiger partial charge in [0, 0.05) is 18.0 Å². The van der Waals surface area contributed by atoms with E-state index in [1.165, 1.54) is 0 Å². The van der Waals surface area contributed by atoms with Gasteiger partial charge in [0.1, 0.15) is 5.82 Å². The Hall–Kier alpha value is -2.17. The third-order valence-corrected chi connectivity index (χ3v) is 2.68. The number of aromatic nitrogens is 2. The Morgan fingerprint density at radius 1 is 1.16 bits per heavy atom. The van der Waals surface area contributed by atoms with E-state index in [0.29, 0.717) is 23.9 Å². The summed E-state index contributed by atoms with van der Waals surface area (Å²) in [5.41, 5.74) is 0.891. The van der Waals surface area contributed by atoms with Crippen molar-refractivity contribution in [3.8, 4) is 28.6 Å². The van der Waals surface area contributed by atoms with Gasteiger partial charge < -0.3 is 19.2 Å². The molecule has 0 aliphatic carbocycles. The Morgan fingerprint density at radius 2 is 1.84 bits per heavy atom. The summed E-state index contributed by atoms with van der Waals surface area (Å²) in [5, 5.41) is 0. The van der Waals surface area contributed by atoms with E-state index in [2.05, 4.69) is 16.9 Å². The van der Waals surface area contributed by atoms with Crippen LogP contribution in [-0.4, -0.2) is 30.8 Å². The molecule has 0 amide bonds. The topological polar surface area (TPSA) is 56.4 Å². The summed E-state index contributed by atoms with van der Waals surface area (Å²) in [6, 6.07) is 3.76. The van der Waals surface area contributed by atoms with Crippen LogP contribution in [0.25, 0.3) is 11.4 Å². The number of methoxy groups -OCH3 is 2. The van der Waals surface area contributed by atoms with E-state index in [9.17, 15) is 0 Å². The van der Waals surface area contributed by atoms with Crippen molar-refractivity contribution >= 4 is 0 Å². The predicted octanol–water partition coefficient (Wildman–Crippen LogP) is 2.88. The van der Waals surface area contributed by atoms with Crippen LogP contribution in [0, 0.1) is 0 Å². The Bertz CT molecular complexity index is 498. The molecular formula is C14H18N2O3. The number of aromatic amines is 1. The van der Waals surface area contributed by atoms with Crippen LogP contribution < -0.4 is 14.2 Å². The van der Waals surface area contributed by atoms with Crippen molar-refractivity contribution in [2.24, 2.45) is 0 Å². The molecule has 5 nitrogen and oxygen atoms in total. The molecule has 5 heteroatoms. The molecule has 0 aliphatic heterocycles. The molecule has 0 fully saturated rings. The van der Waals surface area contributed by atoms with Crippen LogP contribution in [0.4, 0.5) is 0 Å². The SMILES string of the molecule is CCCOc1c(OC)cc(-c2ncc[nH]2)cc1OC. The summed E-state index contributed by atoms with van der Waals surface area (Å²) in [6.07, 6.45) is 4.40. The van der Waals surface area contributed by atoms with E-state index in [4.69, 9.17) is 14.2 Å². The normalized spacial score (nSPS) is 10.3. The van der Waals surface area contributed by atoms with Gasteiger partial charge in [0.25, 0.3) is 0 Å². The van der Waals surface area contributed by atoms with E-state index < -0.39 is 0 Å². The fraction of sp³-hybridized carbons (Fsp3) is 0.357. The first-order chi connectivity index (χ1) is 9.30. The van der Waals surface area contributed by atoms with Gasteiger partial charge in [-0.3, -0.25) is 0 Å². The second kappa shape index (κ2) is 6.13. The lowest BCUT2D eigenvalue weighted by atomic mass is 10.1. The average Bonchev–Trinajstić information content (AvgIpc) is 2.98. The Labute approximate surface area is 112 Å². The van der Waals surface area contributed by atoms with Gasteiger partial charge in [-0.1, -0.05) is 6.92 Å². The Balaban J connectivity index is 2.45. The summed E-state index contributed by atoms with van der Waals surface area (Å²) in [4.78, 5) is 7.28. The van der Waals surface area contributed by atoms with Crippen molar-refractivity contribution in [2.45, 2.75) is 13.3 Å². The number of hydrogen-bond donors (Lipinski definition) is 1. The Kier molecular flexibility index (Phi) is 4.28. The minimum absolute atomic E-state index is 0.618. The van der Waals surface area contributed by atoms with Crippen molar-refractivity contribution in [2.75, 3.05) is 20.8 Å².